The van der Waals surface area contributed by atoms with Crippen LogP contribution >= 0.6 is 11.8 Å². The van der Waals surface area contributed by atoms with Crippen LogP contribution in [0.4, 0.5) is 11.5 Å². The molecule has 4 heterocycles. The third-order valence-electron chi connectivity index (χ3n) is 5.64. The fraction of sp³-hybridized carbons (Fsp3) is 0.333. The molecule has 172 valence electrons. The molecule has 5 rings (SSSR count). The number of aromatic nitrogens is 1. The molecular formula is C21H21N5O5S2. The van der Waals surface area contributed by atoms with Crippen molar-refractivity contribution in [3.8, 4) is 0 Å². The number of ether oxygens (including phenoxy) is 1. The molecule has 1 amide bonds. The molecule has 0 N–H and O–H groups in total. The second kappa shape index (κ2) is 8.67. The van der Waals surface area contributed by atoms with Crippen LogP contribution in [0.5, 0.6) is 0 Å². The quantitative estimate of drug-likeness (QED) is 0.587. The van der Waals surface area contributed by atoms with Crippen molar-refractivity contribution in [1.29, 1.82) is 0 Å². The fourth-order valence-electron chi connectivity index (χ4n) is 3.89. The minimum atomic E-state index is -3.44. The van der Waals surface area contributed by atoms with E-state index in [1.54, 1.807) is 29.3 Å². The molecule has 10 nitrogen and oxygen atoms in total. The molecular weight excluding hydrogens is 466 g/mol. The Morgan fingerprint density at radius 1 is 1.06 bits per heavy atom. The van der Waals surface area contributed by atoms with Crippen molar-refractivity contribution >= 4 is 50.3 Å². The average Bonchev–Trinajstić information content (AvgIpc) is 3.18. The molecule has 0 aliphatic carbocycles. The van der Waals surface area contributed by atoms with Crippen molar-refractivity contribution in [2.24, 2.45) is 4.40 Å². The van der Waals surface area contributed by atoms with Gasteiger partial charge in [-0.25, -0.2) is 18.2 Å². The van der Waals surface area contributed by atoms with Gasteiger partial charge in [-0.1, -0.05) is 6.07 Å². The molecule has 1 saturated heterocycles. The van der Waals surface area contributed by atoms with Gasteiger partial charge in [-0.2, -0.15) is 0 Å². The summed E-state index contributed by atoms with van der Waals surface area (Å²) < 4.78 is 32.6. The van der Waals surface area contributed by atoms with Gasteiger partial charge in [-0.3, -0.25) is 4.79 Å². The van der Waals surface area contributed by atoms with Crippen LogP contribution in [-0.2, 0) is 19.6 Å². The highest BCUT2D eigenvalue weighted by Crippen LogP contribution is 2.42. The highest BCUT2D eigenvalue weighted by molar-refractivity contribution is 8.15. The first-order valence-corrected chi connectivity index (χ1v) is 12.9. The Bertz CT molecular complexity index is 1230. The van der Waals surface area contributed by atoms with E-state index in [1.807, 2.05) is 23.1 Å². The minimum Gasteiger partial charge on any atom is -0.452 e. The number of anilines is 2. The van der Waals surface area contributed by atoms with Gasteiger partial charge in [0.05, 0.1) is 17.0 Å². The zero-order chi connectivity index (χ0) is 23.0. The molecule has 0 unspecified atom stereocenters. The Morgan fingerprint density at radius 2 is 1.88 bits per heavy atom. The van der Waals surface area contributed by atoms with E-state index >= 15 is 0 Å². The molecule has 0 spiro atoms. The normalized spacial score (nSPS) is 18.9. The maximum absolute atomic E-state index is 12.5. The number of pyridine rings is 1. The predicted molar refractivity (Wildman–Crippen MR) is 124 cm³/mol. The SMILES string of the molecule is O=C(OCC(=O)N1CCN(c2ccccn2)CC1)c1ccc2c(c1)SC1=NS(=O)(=O)CCN12. The van der Waals surface area contributed by atoms with Gasteiger partial charge in [-0.15, -0.1) is 4.40 Å². The summed E-state index contributed by atoms with van der Waals surface area (Å²) in [6, 6.07) is 10.7. The van der Waals surface area contributed by atoms with Crippen molar-refractivity contribution in [2.75, 3.05) is 54.9 Å². The summed E-state index contributed by atoms with van der Waals surface area (Å²) in [6.45, 7) is 2.38. The Balaban J connectivity index is 1.16. The van der Waals surface area contributed by atoms with E-state index < -0.39 is 16.0 Å². The van der Waals surface area contributed by atoms with Crippen LogP contribution in [0.15, 0.2) is 51.9 Å². The highest BCUT2D eigenvalue weighted by atomic mass is 32.2. The van der Waals surface area contributed by atoms with E-state index in [1.165, 1.54) is 11.8 Å². The maximum Gasteiger partial charge on any atom is 0.338 e. The van der Waals surface area contributed by atoms with Crippen LogP contribution in [0.1, 0.15) is 10.4 Å². The molecule has 1 aromatic carbocycles. The number of fused-ring (bicyclic) bond motifs is 3. The first-order chi connectivity index (χ1) is 15.9. The van der Waals surface area contributed by atoms with E-state index in [9.17, 15) is 18.0 Å². The van der Waals surface area contributed by atoms with Crippen molar-refractivity contribution in [1.82, 2.24) is 9.88 Å². The molecule has 12 heteroatoms. The molecule has 3 aliphatic rings. The second-order valence-electron chi connectivity index (χ2n) is 7.73. The van der Waals surface area contributed by atoms with E-state index in [4.69, 9.17) is 4.74 Å². The lowest BCUT2D eigenvalue weighted by atomic mass is 10.2. The van der Waals surface area contributed by atoms with Crippen LogP contribution in [0.25, 0.3) is 0 Å². The van der Waals surface area contributed by atoms with Crippen molar-refractivity contribution in [2.45, 2.75) is 4.90 Å². The van der Waals surface area contributed by atoms with E-state index in [0.29, 0.717) is 43.5 Å². The van der Waals surface area contributed by atoms with Crippen molar-refractivity contribution in [3.63, 3.8) is 0 Å². The van der Waals surface area contributed by atoms with Gasteiger partial charge >= 0.3 is 5.97 Å². The number of benzene rings is 1. The predicted octanol–water partition coefficient (Wildman–Crippen LogP) is 1.20. The van der Waals surface area contributed by atoms with Crippen LogP contribution < -0.4 is 9.80 Å². The smallest absolute Gasteiger partial charge is 0.338 e. The van der Waals surface area contributed by atoms with Gasteiger partial charge in [0, 0.05) is 43.8 Å². The van der Waals surface area contributed by atoms with E-state index in [-0.39, 0.29) is 18.3 Å². The lowest BCUT2D eigenvalue weighted by molar-refractivity contribution is -0.134. The van der Waals surface area contributed by atoms with Gasteiger partial charge < -0.3 is 19.4 Å². The lowest BCUT2D eigenvalue weighted by Gasteiger charge is -2.35. The van der Waals surface area contributed by atoms with Gasteiger partial charge in [0.1, 0.15) is 5.82 Å². The average molecular weight is 488 g/mol. The summed E-state index contributed by atoms with van der Waals surface area (Å²) in [5.41, 5.74) is 1.12. The van der Waals surface area contributed by atoms with Gasteiger partial charge in [0.15, 0.2) is 11.8 Å². The summed E-state index contributed by atoms with van der Waals surface area (Å²) in [5, 5.41) is 0.391. The van der Waals surface area contributed by atoms with Crippen LogP contribution in [-0.4, -0.2) is 80.4 Å². The van der Waals surface area contributed by atoms with E-state index in [2.05, 4.69) is 14.3 Å². The number of hydrogen-bond donors (Lipinski definition) is 0. The van der Waals surface area contributed by atoms with Gasteiger partial charge in [0.2, 0.25) is 0 Å². The molecule has 1 fully saturated rings. The standard InChI is InChI=1S/C21H21N5O5S2/c27-19(25-9-7-24(8-10-25)18-3-1-2-6-22-18)14-31-20(28)15-4-5-16-17(13-15)32-21-23-33(29,30)12-11-26(16)21/h1-6,13H,7-12,14H2. The largest absolute Gasteiger partial charge is 0.452 e. The summed E-state index contributed by atoms with van der Waals surface area (Å²) in [7, 11) is -3.44. The summed E-state index contributed by atoms with van der Waals surface area (Å²) >= 11 is 1.20. The topological polar surface area (TPSA) is 112 Å². The molecule has 0 radical (unpaired) electrons. The number of sulfonamides is 1. The molecule has 33 heavy (non-hydrogen) atoms. The Labute approximate surface area is 195 Å². The number of carbonyl (C=O) groups is 2. The summed E-state index contributed by atoms with van der Waals surface area (Å²) in [6.07, 6.45) is 1.74. The Morgan fingerprint density at radius 3 is 2.64 bits per heavy atom. The highest BCUT2D eigenvalue weighted by Gasteiger charge is 2.33. The molecule has 0 bridgehead atoms. The number of amidine groups is 1. The summed E-state index contributed by atoms with van der Waals surface area (Å²) in [5.74, 6) is -0.00166. The zero-order valence-corrected chi connectivity index (χ0v) is 19.2. The molecule has 0 saturated carbocycles. The first-order valence-electron chi connectivity index (χ1n) is 10.4. The number of carbonyl (C=O) groups excluding carboxylic acids is 2. The number of hydrogen-bond acceptors (Lipinski definition) is 9. The number of thioether (sulfide) groups is 1. The third-order valence-corrected chi connectivity index (χ3v) is 7.95. The number of rotatable bonds is 4. The molecule has 0 atom stereocenters. The lowest BCUT2D eigenvalue weighted by Crippen LogP contribution is -2.50. The van der Waals surface area contributed by atoms with Crippen LogP contribution in [0.2, 0.25) is 0 Å². The maximum atomic E-state index is 12.5. The first kappa shape index (κ1) is 21.7. The van der Waals surface area contributed by atoms with Crippen molar-refractivity contribution < 1.29 is 22.7 Å². The van der Waals surface area contributed by atoms with Gasteiger partial charge in [-0.05, 0) is 42.1 Å². The number of nitrogens with zero attached hydrogens (tertiary/aromatic N) is 5. The van der Waals surface area contributed by atoms with Gasteiger partial charge in [0.25, 0.3) is 15.9 Å². The molecule has 3 aliphatic heterocycles. The third kappa shape index (κ3) is 4.53. The van der Waals surface area contributed by atoms with Crippen molar-refractivity contribution in [3.05, 3.63) is 48.2 Å². The monoisotopic (exact) mass is 487 g/mol. The molecule has 1 aromatic heterocycles. The Kier molecular flexibility index (Phi) is 5.71. The van der Waals surface area contributed by atoms with Crippen LogP contribution in [0, 0.1) is 0 Å². The second-order valence-corrected chi connectivity index (χ2v) is 10.5. The molecule has 2 aromatic rings. The Hall–Kier alpha value is -3.12. The minimum absolute atomic E-state index is 0.0431. The zero-order valence-electron chi connectivity index (χ0n) is 17.6. The van der Waals surface area contributed by atoms with Crippen LogP contribution in [0.3, 0.4) is 0 Å². The van der Waals surface area contributed by atoms with E-state index in [0.717, 1.165) is 16.4 Å². The number of piperazine rings is 1. The summed E-state index contributed by atoms with van der Waals surface area (Å²) in [4.78, 5) is 35.7. The number of amides is 1. The fourth-order valence-corrected chi connectivity index (χ4v) is 6.18. The number of esters is 1.